The highest BCUT2D eigenvalue weighted by Crippen LogP contribution is 2.03. The minimum absolute atomic E-state index is 0.500. The second kappa shape index (κ2) is 13.5. The zero-order chi connectivity index (χ0) is 17.6. The van der Waals surface area contributed by atoms with Gasteiger partial charge >= 0.3 is 0 Å². The highest BCUT2D eigenvalue weighted by Gasteiger charge is 2.12. The number of guanidine groups is 1. The molecule has 0 saturated carbocycles. The second-order valence-electron chi connectivity index (χ2n) is 7.15. The Morgan fingerprint density at radius 1 is 1.04 bits per heavy atom. The molecule has 0 radical (unpaired) electrons. The van der Waals surface area contributed by atoms with Crippen LogP contribution in [0, 0.1) is 0 Å². The molecule has 24 heavy (non-hydrogen) atoms. The van der Waals surface area contributed by atoms with E-state index in [-0.39, 0.29) is 0 Å². The third-order valence-electron chi connectivity index (χ3n) is 4.72. The van der Waals surface area contributed by atoms with Gasteiger partial charge in [0.25, 0.3) is 0 Å². The summed E-state index contributed by atoms with van der Waals surface area (Å²) in [6.07, 6.45) is 7.56. The number of rotatable bonds is 11. The number of aliphatic imine (C=N–C) groups is 1. The van der Waals surface area contributed by atoms with Crippen molar-refractivity contribution in [1.82, 2.24) is 20.4 Å². The molecular formula is C19H41N5. The molecule has 0 bridgehead atoms. The van der Waals surface area contributed by atoms with Crippen molar-refractivity contribution in [1.29, 1.82) is 0 Å². The lowest BCUT2D eigenvalue weighted by Gasteiger charge is -2.32. The number of nitrogens with zero attached hydrogens (tertiary/aromatic N) is 3. The Hall–Kier alpha value is -0.810. The number of likely N-dealkylation sites (N-methyl/N-ethyl adjacent to an activating group) is 1. The van der Waals surface area contributed by atoms with Crippen molar-refractivity contribution >= 4 is 5.96 Å². The summed E-state index contributed by atoms with van der Waals surface area (Å²) in [6.45, 7) is 14.6. The van der Waals surface area contributed by atoms with Gasteiger partial charge in [0.15, 0.2) is 5.96 Å². The molecule has 1 aliphatic heterocycles. The highest BCUT2D eigenvalue weighted by atomic mass is 15.2. The molecule has 0 aromatic heterocycles. The highest BCUT2D eigenvalue weighted by molar-refractivity contribution is 5.79. The summed E-state index contributed by atoms with van der Waals surface area (Å²) in [5.74, 6) is 0.987. The van der Waals surface area contributed by atoms with E-state index < -0.39 is 0 Å². The van der Waals surface area contributed by atoms with Gasteiger partial charge in [0.1, 0.15) is 0 Å². The van der Waals surface area contributed by atoms with E-state index in [4.69, 9.17) is 4.99 Å². The van der Waals surface area contributed by atoms with Crippen molar-refractivity contribution in [2.45, 2.75) is 65.3 Å². The van der Waals surface area contributed by atoms with E-state index in [1.54, 1.807) is 0 Å². The van der Waals surface area contributed by atoms with Crippen molar-refractivity contribution in [2.24, 2.45) is 4.99 Å². The Bertz CT molecular complexity index is 324. The maximum absolute atomic E-state index is 4.74. The third kappa shape index (κ3) is 10.1. The molecule has 1 saturated heterocycles. The molecule has 0 aliphatic carbocycles. The monoisotopic (exact) mass is 339 g/mol. The van der Waals surface area contributed by atoms with E-state index in [1.807, 2.05) is 0 Å². The minimum Gasteiger partial charge on any atom is -0.357 e. The Kier molecular flexibility index (Phi) is 11.9. The number of piperazine rings is 1. The summed E-state index contributed by atoms with van der Waals surface area (Å²) < 4.78 is 0. The van der Waals surface area contributed by atoms with Gasteiger partial charge in [-0.05, 0) is 46.7 Å². The average molecular weight is 340 g/mol. The van der Waals surface area contributed by atoms with Gasteiger partial charge in [-0.3, -0.25) is 4.99 Å². The van der Waals surface area contributed by atoms with Gasteiger partial charge < -0.3 is 20.4 Å². The Labute approximate surface area is 150 Å². The largest absolute Gasteiger partial charge is 0.357 e. The Balaban J connectivity index is 2.17. The lowest BCUT2D eigenvalue weighted by atomic mass is 10.1. The molecule has 5 heteroatoms. The van der Waals surface area contributed by atoms with E-state index in [9.17, 15) is 0 Å². The van der Waals surface area contributed by atoms with Crippen LogP contribution in [0.3, 0.4) is 0 Å². The predicted octanol–water partition coefficient (Wildman–Crippen LogP) is 2.54. The molecular weight excluding hydrogens is 298 g/mol. The van der Waals surface area contributed by atoms with Crippen LogP contribution < -0.4 is 10.6 Å². The molecule has 1 atom stereocenters. The van der Waals surface area contributed by atoms with Gasteiger partial charge in [0.05, 0.1) is 0 Å². The van der Waals surface area contributed by atoms with Crippen molar-refractivity contribution in [2.75, 3.05) is 52.9 Å². The van der Waals surface area contributed by atoms with Gasteiger partial charge in [-0.25, -0.2) is 0 Å². The molecule has 2 N–H and O–H groups in total. The van der Waals surface area contributed by atoms with Crippen molar-refractivity contribution < 1.29 is 0 Å². The van der Waals surface area contributed by atoms with Crippen LogP contribution in [0.15, 0.2) is 4.99 Å². The number of nitrogens with one attached hydrogen (secondary N) is 2. The molecule has 1 fully saturated rings. The number of hydrogen-bond donors (Lipinski definition) is 2. The summed E-state index contributed by atoms with van der Waals surface area (Å²) in [7, 11) is 2.21. The quantitative estimate of drug-likeness (QED) is 0.345. The van der Waals surface area contributed by atoms with E-state index in [1.165, 1.54) is 71.2 Å². The van der Waals surface area contributed by atoms with Crippen LogP contribution >= 0.6 is 0 Å². The van der Waals surface area contributed by atoms with Crippen LogP contribution in [-0.4, -0.2) is 74.7 Å². The molecule has 142 valence electrons. The van der Waals surface area contributed by atoms with Gasteiger partial charge in [-0.2, -0.15) is 0 Å². The van der Waals surface area contributed by atoms with Crippen LogP contribution in [0.4, 0.5) is 0 Å². The van der Waals surface area contributed by atoms with Gasteiger partial charge in [-0.15, -0.1) is 0 Å². The first kappa shape index (κ1) is 21.2. The van der Waals surface area contributed by atoms with Crippen molar-refractivity contribution in [3.63, 3.8) is 0 Å². The third-order valence-corrected chi connectivity index (χ3v) is 4.72. The standard InChI is InChI=1S/C19H41N5/c1-5-7-8-11-18(3)22-19(20-6-2)21-12-9-10-13-24-16-14-23(4)15-17-24/h18H,5-17H2,1-4H3,(H2,20,21,22). The molecule has 1 heterocycles. The van der Waals surface area contributed by atoms with E-state index >= 15 is 0 Å². The Morgan fingerprint density at radius 2 is 1.79 bits per heavy atom. The summed E-state index contributed by atoms with van der Waals surface area (Å²) in [4.78, 5) is 9.74. The first-order valence-corrected chi connectivity index (χ1v) is 10.1. The van der Waals surface area contributed by atoms with E-state index in [0.717, 1.165) is 19.0 Å². The van der Waals surface area contributed by atoms with Crippen LogP contribution in [0.2, 0.25) is 0 Å². The van der Waals surface area contributed by atoms with Crippen LogP contribution in [0.25, 0.3) is 0 Å². The van der Waals surface area contributed by atoms with Crippen molar-refractivity contribution in [3.8, 4) is 0 Å². The molecule has 0 aromatic rings. The zero-order valence-electron chi connectivity index (χ0n) is 16.6. The summed E-state index contributed by atoms with van der Waals surface area (Å²) in [5, 5.41) is 6.92. The smallest absolute Gasteiger partial charge is 0.191 e. The molecule has 0 aromatic carbocycles. The molecule has 5 nitrogen and oxygen atoms in total. The first-order valence-electron chi connectivity index (χ1n) is 10.1. The SMILES string of the molecule is CCCCCC(C)NC(=NCCCCN1CCN(C)CC1)NCC. The van der Waals surface area contributed by atoms with E-state index in [0.29, 0.717) is 6.04 Å². The molecule has 1 unspecified atom stereocenters. The fraction of sp³-hybridized carbons (Fsp3) is 0.947. The van der Waals surface area contributed by atoms with Crippen molar-refractivity contribution in [3.05, 3.63) is 0 Å². The predicted molar refractivity (Wildman–Crippen MR) is 106 cm³/mol. The van der Waals surface area contributed by atoms with Gasteiger partial charge in [0.2, 0.25) is 0 Å². The maximum Gasteiger partial charge on any atom is 0.191 e. The molecule has 1 rings (SSSR count). The number of unbranched alkanes of at least 4 members (excludes halogenated alkanes) is 3. The van der Waals surface area contributed by atoms with Gasteiger partial charge in [0, 0.05) is 45.3 Å². The Morgan fingerprint density at radius 3 is 2.46 bits per heavy atom. The maximum atomic E-state index is 4.74. The zero-order valence-corrected chi connectivity index (χ0v) is 16.6. The van der Waals surface area contributed by atoms with E-state index in [2.05, 4.69) is 48.3 Å². The fourth-order valence-corrected chi connectivity index (χ4v) is 3.04. The fourth-order valence-electron chi connectivity index (χ4n) is 3.04. The summed E-state index contributed by atoms with van der Waals surface area (Å²) in [6, 6.07) is 0.500. The lowest BCUT2D eigenvalue weighted by molar-refractivity contribution is 0.152. The minimum atomic E-state index is 0.500. The lowest BCUT2D eigenvalue weighted by Crippen LogP contribution is -2.44. The van der Waals surface area contributed by atoms with Gasteiger partial charge in [-0.1, -0.05) is 26.2 Å². The molecule has 0 amide bonds. The average Bonchev–Trinajstić information content (AvgIpc) is 2.56. The molecule has 0 spiro atoms. The normalized spacial score (nSPS) is 18.6. The first-order chi connectivity index (χ1) is 11.7. The number of hydrogen-bond acceptors (Lipinski definition) is 3. The molecule has 1 aliphatic rings. The topological polar surface area (TPSA) is 42.9 Å². The van der Waals surface area contributed by atoms with Crippen LogP contribution in [0.1, 0.15) is 59.3 Å². The summed E-state index contributed by atoms with van der Waals surface area (Å²) >= 11 is 0. The van der Waals surface area contributed by atoms with Crippen LogP contribution in [-0.2, 0) is 0 Å². The van der Waals surface area contributed by atoms with Crippen LogP contribution in [0.5, 0.6) is 0 Å². The second-order valence-corrected chi connectivity index (χ2v) is 7.15. The summed E-state index contributed by atoms with van der Waals surface area (Å²) in [5.41, 5.74) is 0.